The summed E-state index contributed by atoms with van der Waals surface area (Å²) < 4.78 is 87.0. The van der Waals surface area contributed by atoms with Crippen LogP contribution in [0.4, 0.5) is 0 Å². The predicted octanol–water partition coefficient (Wildman–Crippen LogP) is 0.806. The second-order valence-electron chi connectivity index (χ2n) is 18.8. The van der Waals surface area contributed by atoms with Gasteiger partial charge in [-0.05, 0) is 31.2 Å². The molecule has 0 aromatic rings. The highest BCUT2D eigenvalue weighted by Gasteiger charge is 2.60. The van der Waals surface area contributed by atoms with Crippen molar-refractivity contribution < 1.29 is 129 Å². The first-order valence-electron chi connectivity index (χ1n) is 26.2. The number of azide groups is 1. The van der Waals surface area contributed by atoms with Crippen LogP contribution in [0.15, 0.2) is 5.11 Å². The molecule has 0 radical (unpaired) electrons. The highest BCUT2D eigenvalue weighted by molar-refractivity contribution is 5.77. The summed E-state index contributed by atoms with van der Waals surface area (Å²) >= 11 is 0. The maximum atomic E-state index is 13.6. The third-order valence-electron chi connectivity index (χ3n) is 11.8. The molecular formula is C50H73N5O27. The van der Waals surface area contributed by atoms with Gasteiger partial charge in [-0.1, -0.05) is 18.0 Å². The summed E-state index contributed by atoms with van der Waals surface area (Å²) in [6.45, 7) is 8.20. The maximum absolute atomic E-state index is 13.6. The van der Waals surface area contributed by atoms with E-state index in [9.17, 15) is 57.5 Å². The lowest BCUT2D eigenvalue weighted by Crippen LogP contribution is -2.70. The number of carbonyl (C=O) groups is 12. The fraction of sp³-hybridized carbons (Fsp3) is 0.760. The molecule has 0 unspecified atom stereocenters. The first-order chi connectivity index (χ1) is 38.7. The topological polar surface area (TPSA) is 416 Å². The fourth-order valence-electron chi connectivity index (χ4n) is 8.73. The van der Waals surface area contributed by atoms with E-state index in [-0.39, 0.29) is 18.7 Å². The van der Waals surface area contributed by atoms with E-state index in [0.29, 0.717) is 51.6 Å². The molecule has 15 atom stereocenters. The van der Waals surface area contributed by atoms with Gasteiger partial charge in [0.1, 0.15) is 50.3 Å². The number of carbonyl (C=O) groups excluding carboxylic acids is 12. The number of hydrogen-bond acceptors (Lipinski definition) is 28. The SMILES string of the molecule is CC(=O)OC[C@H]1O[C@@H](O[C@H]2[C@@H](OC(C)=O)[C@@H](COC(C)=O)O[C@@H](O[C@H]3[C@H](OC(C)=O)[C@@H](OC(C)=O)[C@H](NC(=O)CCCCCNC(=O)CCCCCN=[N+]=[N-])O[C@@H]3COC(C)=O)[C@@H]2OC(C)=O)[C@H](OC(C)=O)[C@@H](OC(C)=O)[C@H]1OC(C)=O. The van der Waals surface area contributed by atoms with Gasteiger partial charge >= 0.3 is 59.7 Å². The van der Waals surface area contributed by atoms with Crippen molar-refractivity contribution in [1.29, 1.82) is 0 Å². The molecular weight excluding hydrogens is 1100 g/mol. The standard InChI is InChI=1S/C50H73N5O27/c1-24(56)68-21-34-41(42(73-29(6)61)45(75-31(8)63)48(78-34)54-38(67)18-14-11-15-19-52-37(66)17-13-12-16-20-53-55-51)81-49-47(77-33(10)65)44(40(72-28(5)60)36(79-49)23-70-26(3)58)82-50-46(76-32(9)64)43(74-30(7)62)39(71-27(4)59)35(80-50)22-69-25(2)57/h34-36,39-50H,11-23H2,1-10H3,(H,52,66)(H,54,67)/t34-,35-,36-,39+,40+,41-,42+,43+,44+,45-,46-,47-,48-,49+,50+/m1/s1. The molecule has 2 amide bonds. The van der Waals surface area contributed by atoms with Crippen LogP contribution in [0.3, 0.4) is 0 Å². The summed E-state index contributed by atoms with van der Waals surface area (Å²) in [5.41, 5.74) is 8.39. The van der Waals surface area contributed by atoms with Crippen LogP contribution in [-0.4, -0.2) is 196 Å². The van der Waals surface area contributed by atoms with Crippen molar-refractivity contribution in [3.63, 3.8) is 0 Å². The lowest BCUT2D eigenvalue weighted by molar-refractivity contribution is -0.375. The van der Waals surface area contributed by atoms with Crippen LogP contribution in [0.2, 0.25) is 0 Å². The Balaban J connectivity index is 2.15. The van der Waals surface area contributed by atoms with Crippen LogP contribution >= 0.6 is 0 Å². The van der Waals surface area contributed by atoms with Gasteiger partial charge in [0.05, 0.1) is 0 Å². The Morgan fingerprint density at radius 1 is 0.402 bits per heavy atom. The Morgan fingerprint density at radius 3 is 1.22 bits per heavy atom. The average Bonchev–Trinajstić information content (AvgIpc) is 3.34. The Hall–Kier alpha value is -7.25. The molecule has 460 valence electrons. The molecule has 0 aromatic heterocycles. The molecule has 0 bridgehead atoms. The lowest BCUT2D eigenvalue weighted by atomic mass is 9.94. The van der Waals surface area contributed by atoms with Crippen LogP contribution in [0.5, 0.6) is 0 Å². The number of rotatable bonds is 30. The Morgan fingerprint density at radius 2 is 0.768 bits per heavy atom. The number of nitrogens with one attached hydrogen (secondary N) is 2. The molecule has 82 heavy (non-hydrogen) atoms. The van der Waals surface area contributed by atoms with E-state index < -0.39 is 177 Å². The summed E-state index contributed by atoms with van der Waals surface area (Å²) in [6, 6.07) is 0. The molecule has 3 saturated heterocycles. The minimum absolute atomic E-state index is 0.132. The molecule has 3 fully saturated rings. The summed E-state index contributed by atoms with van der Waals surface area (Å²) in [6.07, 6.45) is -24.4. The zero-order valence-electron chi connectivity index (χ0n) is 47.2. The van der Waals surface area contributed by atoms with Gasteiger partial charge in [-0.25, -0.2) is 0 Å². The van der Waals surface area contributed by atoms with E-state index in [1.807, 2.05) is 0 Å². The van der Waals surface area contributed by atoms with Crippen molar-refractivity contribution in [1.82, 2.24) is 10.6 Å². The number of nitrogens with zero attached hydrogens (tertiary/aromatic N) is 3. The minimum Gasteiger partial charge on any atom is -0.463 e. The summed E-state index contributed by atoms with van der Waals surface area (Å²) in [5, 5.41) is 8.87. The number of amides is 2. The Bertz CT molecular complexity index is 2300. The monoisotopic (exact) mass is 1180 g/mol. The summed E-state index contributed by atoms with van der Waals surface area (Å²) in [7, 11) is 0. The van der Waals surface area contributed by atoms with Gasteiger partial charge in [-0.3, -0.25) is 57.5 Å². The molecule has 0 aliphatic carbocycles. The number of unbranched alkanes of at least 4 members (excludes halogenated alkanes) is 4. The highest BCUT2D eigenvalue weighted by Crippen LogP contribution is 2.38. The average molecular weight is 1180 g/mol. The van der Waals surface area contributed by atoms with Gasteiger partial charge in [0.25, 0.3) is 0 Å². The highest BCUT2D eigenvalue weighted by atomic mass is 16.8. The second kappa shape index (κ2) is 34.9. The van der Waals surface area contributed by atoms with Crippen LogP contribution in [0.1, 0.15) is 121 Å². The fourth-order valence-corrected chi connectivity index (χ4v) is 8.73. The van der Waals surface area contributed by atoms with Crippen molar-refractivity contribution in [3.05, 3.63) is 10.4 Å². The first-order valence-corrected chi connectivity index (χ1v) is 26.2. The van der Waals surface area contributed by atoms with E-state index in [4.69, 9.17) is 76.6 Å². The number of hydrogen-bond donors (Lipinski definition) is 2. The minimum atomic E-state index is -2.12. The largest absolute Gasteiger partial charge is 0.463 e. The van der Waals surface area contributed by atoms with Crippen LogP contribution < -0.4 is 10.6 Å². The van der Waals surface area contributed by atoms with Crippen molar-refractivity contribution in [2.24, 2.45) is 5.11 Å². The van der Waals surface area contributed by atoms with Crippen molar-refractivity contribution in [3.8, 4) is 0 Å². The van der Waals surface area contributed by atoms with Crippen LogP contribution in [0, 0.1) is 0 Å². The molecule has 3 heterocycles. The Kier molecular flexibility index (Phi) is 29.4. The summed E-state index contributed by atoms with van der Waals surface area (Å²) in [4.78, 5) is 156. The molecule has 32 heteroatoms. The lowest BCUT2D eigenvalue weighted by Gasteiger charge is -2.50. The molecule has 32 nitrogen and oxygen atoms in total. The molecule has 0 spiro atoms. The number of esters is 10. The van der Waals surface area contributed by atoms with Gasteiger partial charge in [0.2, 0.25) is 11.8 Å². The van der Waals surface area contributed by atoms with Crippen LogP contribution in [-0.2, 0) is 129 Å². The van der Waals surface area contributed by atoms with Crippen molar-refractivity contribution >= 4 is 71.5 Å². The second-order valence-corrected chi connectivity index (χ2v) is 18.8. The van der Waals surface area contributed by atoms with Gasteiger partial charge < -0.3 is 81.7 Å². The van der Waals surface area contributed by atoms with Gasteiger partial charge in [-0.15, -0.1) is 0 Å². The first kappa shape index (κ1) is 69.0. The zero-order valence-corrected chi connectivity index (χ0v) is 47.2. The summed E-state index contributed by atoms with van der Waals surface area (Å²) in [5.74, 6) is -10.7. The molecule has 0 saturated carbocycles. The predicted molar refractivity (Wildman–Crippen MR) is 267 cm³/mol. The molecule has 3 aliphatic heterocycles. The van der Waals surface area contributed by atoms with E-state index in [1.165, 1.54) is 0 Å². The third kappa shape index (κ3) is 24.1. The number of ether oxygens (including phenoxy) is 15. The molecule has 2 N–H and O–H groups in total. The molecule has 3 rings (SSSR count). The van der Waals surface area contributed by atoms with Crippen molar-refractivity contribution in [2.75, 3.05) is 32.9 Å². The normalized spacial score (nSPS) is 27.5. The molecule has 0 aromatic carbocycles. The maximum Gasteiger partial charge on any atom is 0.303 e. The zero-order chi connectivity index (χ0) is 61.2. The van der Waals surface area contributed by atoms with Crippen molar-refractivity contribution in [2.45, 2.75) is 213 Å². The van der Waals surface area contributed by atoms with E-state index in [1.54, 1.807) is 0 Å². The van der Waals surface area contributed by atoms with Gasteiger partial charge in [0.15, 0.2) is 61.5 Å². The van der Waals surface area contributed by atoms with E-state index in [0.717, 1.165) is 69.2 Å². The van der Waals surface area contributed by atoms with Crippen LogP contribution in [0.25, 0.3) is 10.4 Å². The van der Waals surface area contributed by atoms with E-state index >= 15 is 0 Å². The molecule has 3 aliphatic rings. The van der Waals surface area contributed by atoms with E-state index in [2.05, 4.69) is 20.7 Å². The third-order valence-corrected chi connectivity index (χ3v) is 11.8. The Labute approximate surface area is 470 Å². The van der Waals surface area contributed by atoms with Gasteiger partial charge in [0, 0.05) is 100 Å². The quantitative estimate of drug-likeness (QED) is 0.0251. The smallest absolute Gasteiger partial charge is 0.303 e. The van der Waals surface area contributed by atoms with Gasteiger partial charge in [-0.2, -0.15) is 0 Å².